The quantitative estimate of drug-likeness (QED) is 0.627. The maximum atomic E-state index is 11.5. The van der Waals surface area contributed by atoms with E-state index in [0.717, 1.165) is 18.9 Å². The summed E-state index contributed by atoms with van der Waals surface area (Å²) in [5, 5.41) is 5.52. The van der Waals surface area contributed by atoms with Crippen LogP contribution in [0.4, 0.5) is 4.79 Å². The Morgan fingerprint density at radius 2 is 2.00 bits per heavy atom. The molecule has 2 N–H and O–H groups in total. The van der Waals surface area contributed by atoms with Crippen molar-refractivity contribution >= 4 is 47.2 Å². The minimum Gasteiger partial charge on any atom is -0.452 e. The second-order valence-corrected chi connectivity index (χ2v) is 5.75. The highest BCUT2D eigenvalue weighted by Crippen LogP contribution is 2.22. The van der Waals surface area contributed by atoms with Gasteiger partial charge in [0.2, 0.25) is 0 Å². The molecular weight excluding hydrogens is 343 g/mol. The highest BCUT2D eigenvalue weighted by Gasteiger charge is 2.23. The normalized spacial score (nSPS) is 13.7. The number of nitrogens with one attached hydrogen (secondary N) is 2. The lowest BCUT2D eigenvalue weighted by molar-refractivity contribution is -0.143. The van der Waals surface area contributed by atoms with Gasteiger partial charge in [-0.1, -0.05) is 29.3 Å². The van der Waals surface area contributed by atoms with E-state index in [1.165, 1.54) is 6.08 Å². The predicted molar refractivity (Wildman–Crippen MR) is 86.2 cm³/mol. The van der Waals surface area contributed by atoms with Crippen LogP contribution in [0.25, 0.3) is 6.08 Å². The molecule has 1 aromatic carbocycles. The summed E-state index contributed by atoms with van der Waals surface area (Å²) in [5.74, 6) is -1.43. The molecule has 0 aromatic heterocycles. The monoisotopic (exact) mass is 356 g/mol. The number of urea groups is 1. The number of hydrogen-bond acceptors (Lipinski definition) is 4. The smallest absolute Gasteiger partial charge is 0.331 e. The van der Waals surface area contributed by atoms with Crippen LogP contribution < -0.4 is 10.6 Å². The zero-order chi connectivity index (χ0) is 16.8. The topological polar surface area (TPSA) is 84.5 Å². The number of imide groups is 1. The number of benzene rings is 1. The first-order valence-corrected chi connectivity index (χ1v) is 7.60. The summed E-state index contributed by atoms with van der Waals surface area (Å²) in [7, 11) is 0. The highest BCUT2D eigenvalue weighted by atomic mass is 35.5. The SMILES string of the molecule is O=C(COC(=O)/C=C/c1ccc(Cl)cc1Cl)NC(=O)NC1CC1. The summed E-state index contributed by atoms with van der Waals surface area (Å²) >= 11 is 11.7. The Morgan fingerprint density at radius 1 is 1.26 bits per heavy atom. The molecule has 1 saturated carbocycles. The average molecular weight is 357 g/mol. The molecule has 122 valence electrons. The Balaban J connectivity index is 1.74. The molecular formula is C15H14Cl2N2O4. The van der Waals surface area contributed by atoms with Gasteiger partial charge in [0, 0.05) is 22.2 Å². The zero-order valence-electron chi connectivity index (χ0n) is 12.0. The number of halogens is 2. The third-order valence-corrected chi connectivity index (χ3v) is 3.43. The predicted octanol–water partition coefficient (Wildman–Crippen LogP) is 2.54. The molecule has 0 bridgehead atoms. The van der Waals surface area contributed by atoms with Crippen molar-refractivity contribution in [2.75, 3.05) is 6.61 Å². The zero-order valence-corrected chi connectivity index (χ0v) is 13.5. The fourth-order valence-corrected chi connectivity index (χ4v) is 2.06. The van der Waals surface area contributed by atoms with Crippen molar-refractivity contribution in [2.24, 2.45) is 0 Å². The van der Waals surface area contributed by atoms with Crippen molar-refractivity contribution < 1.29 is 19.1 Å². The van der Waals surface area contributed by atoms with E-state index in [9.17, 15) is 14.4 Å². The molecule has 0 heterocycles. The lowest BCUT2D eigenvalue weighted by Crippen LogP contribution is -2.42. The Hall–Kier alpha value is -2.05. The first-order valence-electron chi connectivity index (χ1n) is 6.84. The fourth-order valence-electron chi connectivity index (χ4n) is 1.59. The van der Waals surface area contributed by atoms with E-state index in [2.05, 4.69) is 10.6 Å². The third kappa shape index (κ3) is 6.30. The molecule has 8 heteroatoms. The van der Waals surface area contributed by atoms with Crippen molar-refractivity contribution in [3.63, 3.8) is 0 Å². The van der Waals surface area contributed by atoms with Crippen molar-refractivity contribution in [2.45, 2.75) is 18.9 Å². The van der Waals surface area contributed by atoms with Crippen LogP contribution in [0.1, 0.15) is 18.4 Å². The first kappa shape index (κ1) is 17.3. The van der Waals surface area contributed by atoms with Crippen molar-refractivity contribution in [3.8, 4) is 0 Å². The molecule has 0 atom stereocenters. The number of carbonyl (C=O) groups excluding carboxylic acids is 3. The van der Waals surface area contributed by atoms with Crippen LogP contribution in [0.3, 0.4) is 0 Å². The van der Waals surface area contributed by atoms with E-state index in [-0.39, 0.29) is 6.04 Å². The van der Waals surface area contributed by atoms with E-state index in [1.54, 1.807) is 18.2 Å². The number of carbonyl (C=O) groups is 3. The largest absolute Gasteiger partial charge is 0.452 e. The van der Waals surface area contributed by atoms with Crippen LogP contribution in [0.5, 0.6) is 0 Å². The van der Waals surface area contributed by atoms with Gasteiger partial charge in [-0.3, -0.25) is 10.1 Å². The molecule has 1 aliphatic rings. The van der Waals surface area contributed by atoms with E-state index in [4.69, 9.17) is 27.9 Å². The molecule has 23 heavy (non-hydrogen) atoms. The lowest BCUT2D eigenvalue weighted by Gasteiger charge is -2.05. The number of amides is 3. The third-order valence-electron chi connectivity index (χ3n) is 2.87. The van der Waals surface area contributed by atoms with Crippen LogP contribution in [0, 0.1) is 0 Å². The van der Waals surface area contributed by atoms with Gasteiger partial charge < -0.3 is 10.1 Å². The molecule has 6 nitrogen and oxygen atoms in total. The van der Waals surface area contributed by atoms with E-state index in [0.29, 0.717) is 15.6 Å². The van der Waals surface area contributed by atoms with Crippen LogP contribution in [0.15, 0.2) is 24.3 Å². The van der Waals surface area contributed by atoms with Crippen molar-refractivity contribution in [1.29, 1.82) is 0 Å². The Morgan fingerprint density at radius 3 is 2.65 bits per heavy atom. The van der Waals surface area contributed by atoms with Gasteiger partial charge in [-0.25, -0.2) is 9.59 Å². The summed E-state index contributed by atoms with van der Waals surface area (Å²) in [4.78, 5) is 34.2. The number of rotatable bonds is 5. The van der Waals surface area contributed by atoms with E-state index in [1.807, 2.05) is 0 Å². The maximum absolute atomic E-state index is 11.5. The van der Waals surface area contributed by atoms with Crippen molar-refractivity contribution in [3.05, 3.63) is 39.9 Å². The Bertz CT molecular complexity index is 657. The summed E-state index contributed by atoms with van der Waals surface area (Å²) < 4.78 is 4.72. The molecule has 0 aliphatic heterocycles. The molecule has 1 aliphatic carbocycles. The summed E-state index contributed by atoms with van der Waals surface area (Å²) in [6.07, 6.45) is 4.40. The highest BCUT2D eigenvalue weighted by molar-refractivity contribution is 6.35. The van der Waals surface area contributed by atoms with Crippen LogP contribution in [-0.2, 0) is 14.3 Å². The lowest BCUT2D eigenvalue weighted by atomic mass is 10.2. The van der Waals surface area contributed by atoms with Gasteiger partial charge in [-0.05, 0) is 36.6 Å². The second-order valence-electron chi connectivity index (χ2n) is 4.90. The maximum Gasteiger partial charge on any atom is 0.331 e. The molecule has 2 rings (SSSR count). The second kappa shape index (κ2) is 7.99. The number of esters is 1. The van der Waals surface area contributed by atoms with Crippen LogP contribution >= 0.6 is 23.2 Å². The average Bonchev–Trinajstić information content (AvgIpc) is 3.28. The van der Waals surface area contributed by atoms with Gasteiger partial charge in [0.25, 0.3) is 5.91 Å². The standard InChI is InChI=1S/C15H14Cl2N2O4/c16-10-3-1-9(12(17)7-10)2-6-14(21)23-8-13(20)19-15(22)18-11-4-5-11/h1-3,6-7,11H,4-5,8H2,(H2,18,19,20,22)/b6-2+. The molecule has 3 amide bonds. The molecule has 1 aromatic rings. The molecule has 1 fully saturated rings. The van der Waals surface area contributed by atoms with Gasteiger partial charge in [-0.2, -0.15) is 0 Å². The number of hydrogen-bond donors (Lipinski definition) is 2. The Labute approximate surface area is 142 Å². The molecule has 0 unspecified atom stereocenters. The summed E-state index contributed by atoms with van der Waals surface area (Å²) in [6.45, 7) is -0.546. The molecule has 0 saturated heterocycles. The van der Waals surface area contributed by atoms with Crippen molar-refractivity contribution in [1.82, 2.24) is 10.6 Å². The molecule has 0 radical (unpaired) electrons. The van der Waals surface area contributed by atoms with Crippen LogP contribution in [-0.4, -0.2) is 30.6 Å². The van der Waals surface area contributed by atoms with Gasteiger partial charge in [0.15, 0.2) is 6.61 Å². The van der Waals surface area contributed by atoms with E-state index < -0.39 is 24.5 Å². The van der Waals surface area contributed by atoms with Gasteiger partial charge in [0.1, 0.15) is 0 Å². The minimum atomic E-state index is -0.728. The van der Waals surface area contributed by atoms with Gasteiger partial charge >= 0.3 is 12.0 Å². The Kier molecular flexibility index (Phi) is 6.01. The first-order chi connectivity index (χ1) is 10.9. The van der Waals surface area contributed by atoms with Gasteiger partial charge in [-0.15, -0.1) is 0 Å². The summed E-state index contributed by atoms with van der Waals surface area (Å²) in [5.41, 5.74) is 0.585. The van der Waals surface area contributed by atoms with E-state index >= 15 is 0 Å². The number of ether oxygens (including phenoxy) is 1. The summed E-state index contributed by atoms with van der Waals surface area (Å²) in [6, 6.07) is 4.36. The molecule has 0 spiro atoms. The van der Waals surface area contributed by atoms with Crippen LogP contribution in [0.2, 0.25) is 10.0 Å². The van der Waals surface area contributed by atoms with Gasteiger partial charge in [0.05, 0.1) is 0 Å². The fraction of sp³-hybridized carbons (Fsp3) is 0.267. The minimum absolute atomic E-state index is 0.136.